The minimum absolute atomic E-state index is 0.683. The predicted octanol–water partition coefficient (Wildman–Crippen LogP) is 3.52. The number of nitrogens with zero attached hydrogens (tertiary/aromatic N) is 1. The fourth-order valence-corrected chi connectivity index (χ4v) is 2.11. The summed E-state index contributed by atoms with van der Waals surface area (Å²) in [5.74, 6) is 0.683. The molecule has 1 N–H and O–H groups in total. The summed E-state index contributed by atoms with van der Waals surface area (Å²) in [4.78, 5) is 4.46. The van der Waals surface area contributed by atoms with Crippen LogP contribution in [-0.2, 0) is 6.54 Å². The van der Waals surface area contributed by atoms with E-state index in [9.17, 15) is 0 Å². The van der Waals surface area contributed by atoms with Gasteiger partial charge in [-0.1, -0.05) is 22.9 Å². The Morgan fingerprint density at radius 1 is 1.41 bits per heavy atom. The number of aryl methyl sites for hydroxylation is 1. The first kappa shape index (κ1) is 12.3. The van der Waals surface area contributed by atoms with Gasteiger partial charge in [-0.25, -0.2) is 4.98 Å². The van der Waals surface area contributed by atoms with Gasteiger partial charge in [0.2, 0.25) is 5.89 Å². The molecule has 0 atom stereocenters. The highest BCUT2D eigenvalue weighted by molar-refractivity contribution is 9.10. The molecular formula is C13H15BrN2O. The summed E-state index contributed by atoms with van der Waals surface area (Å²) >= 11 is 3.45. The highest BCUT2D eigenvalue weighted by Crippen LogP contribution is 2.25. The number of oxazole rings is 1. The lowest BCUT2D eigenvalue weighted by molar-refractivity contribution is 0.570. The second kappa shape index (κ2) is 5.47. The summed E-state index contributed by atoms with van der Waals surface area (Å²) in [5, 5.41) is 3.22. The average Bonchev–Trinajstić information content (AvgIpc) is 2.75. The first-order valence-corrected chi connectivity index (χ1v) is 6.41. The van der Waals surface area contributed by atoms with E-state index in [0.717, 1.165) is 34.4 Å². The van der Waals surface area contributed by atoms with Crippen LogP contribution in [0.2, 0.25) is 0 Å². The molecule has 0 spiro atoms. The summed E-state index contributed by atoms with van der Waals surface area (Å²) in [6, 6.07) is 6.07. The van der Waals surface area contributed by atoms with E-state index >= 15 is 0 Å². The lowest BCUT2D eigenvalue weighted by atomic mass is 10.1. The van der Waals surface area contributed by atoms with Crippen LogP contribution in [0.1, 0.15) is 18.2 Å². The Hall–Kier alpha value is -1.13. The van der Waals surface area contributed by atoms with Gasteiger partial charge in [0.15, 0.2) is 0 Å². The van der Waals surface area contributed by atoms with Gasteiger partial charge in [0, 0.05) is 16.6 Å². The van der Waals surface area contributed by atoms with E-state index in [1.54, 1.807) is 6.26 Å². The SMILES string of the molecule is CCNCc1coc(-c2ccc(Br)cc2C)n1. The summed E-state index contributed by atoms with van der Waals surface area (Å²) < 4.78 is 6.57. The van der Waals surface area contributed by atoms with E-state index in [2.05, 4.69) is 39.2 Å². The molecule has 3 nitrogen and oxygen atoms in total. The Morgan fingerprint density at radius 2 is 2.24 bits per heavy atom. The van der Waals surface area contributed by atoms with Crippen molar-refractivity contribution in [2.75, 3.05) is 6.54 Å². The lowest BCUT2D eigenvalue weighted by Gasteiger charge is -2.01. The fraction of sp³-hybridized carbons (Fsp3) is 0.308. The average molecular weight is 295 g/mol. The zero-order valence-electron chi connectivity index (χ0n) is 9.96. The summed E-state index contributed by atoms with van der Waals surface area (Å²) in [6.07, 6.45) is 1.71. The van der Waals surface area contributed by atoms with Gasteiger partial charge in [-0.2, -0.15) is 0 Å². The molecule has 0 aliphatic rings. The zero-order valence-corrected chi connectivity index (χ0v) is 11.5. The number of rotatable bonds is 4. The van der Waals surface area contributed by atoms with Gasteiger partial charge < -0.3 is 9.73 Å². The maximum Gasteiger partial charge on any atom is 0.226 e. The molecule has 0 saturated heterocycles. The van der Waals surface area contributed by atoms with Crippen LogP contribution in [-0.4, -0.2) is 11.5 Å². The number of hydrogen-bond donors (Lipinski definition) is 1. The maximum absolute atomic E-state index is 5.50. The molecule has 0 bridgehead atoms. The van der Waals surface area contributed by atoms with Crippen LogP contribution in [0.4, 0.5) is 0 Å². The van der Waals surface area contributed by atoms with Crippen LogP contribution >= 0.6 is 15.9 Å². The molecule has 4 heteroatoms. The van der Waals surface area contributed by atoms with Crippen LogP contribution in [0.5, 0.6) is 0 Å². The first-order chi connectivity index (χ1) is 8.20. The van der Waals surface area contributed by atoms with Crippen molar-refractivity contribution < 1.29 is 4.42 Å². The number of hydrogen-bond acceptors (Lipinski definition) is 3. The van der Waals surface area contributed by atoms with Crippen molar-refractivity contribution in [3.05, 3.63) is 40.2 Å². The van der Waals surface area contributed by atoms with Gasteiger partial charge in [-0.3, -0.25) is 0 Å². The van der Waals surface area contributed by atoms with Gasteiger partial charge >= 0.3 is 0 Å². The van der Waals surface area contributed by atoms with Crippen LogP contribution in [0.15, 0.2) is 33.4 Å². The normalized spacial score (nSPS) is 10.8. The molecule has 0 radical (unpaired) electrons. The molecule has 2 rings (SSSR count). The first-order valence-electron chi connectivity index (χ1n) is 5.62. The van der Waals surface area contributed by atoms with Crippen molar-refractivity contribution in [1.82, 2.24) is 10.3 Å². The molecule has 0 aliphatic carbocycles. The fourth-order valence-electron chi connectivity index (χ4n) is 1.63. The molecule has 1 aromatic heterocycles. The molecule has 0 aliphatic heterocycles. The third-order valence-electron chi connectivity index (χ3n) is 2.53. The number of aromatic nitrogens is 1. The quantitative estimate of drug-likeness (QED) is 0.937. The Balaban J connectivity index is 2.24. The van der Waals surface area contributed by atoms with Gasteiger partial charge in [0.25, 0.3) is 0 Å². The number of nitrogens with one attached hydrogen (secondary N) is 1. The van der Waals surface area contributed by atoms with E-state index in [0.29, 0.717) is 5.89 Å². The van der Waals surface area contributed by atoms with E-state index < -0.39 is 0 Å². The Bertz CT molecular complexity index is 508. The standard InChI is InChI=1S/C13H15BrN2O/c1-3-15-7-11-8-17-13(16-11)12-5-4-10(14)6-9(12)2/h4-6,8,15H,3,7H2,1-2H3. The van der Waals surface area contributed by atoms with E-state index in [4.69, 9.17) is 4.42 Å². The molecular weight excluding hydrogens is 280 g/mol. The van der Waals surface area contributed by atoms with Gasteiger partial charge in [-0.05, 0) is 37.2 Å². The smallest absolute Gasteiger partial charge is 0.226 e. The van der Waals surface area contributed by atoms with Crippen molar-refractivity contribution in [2.24, 2.45) is 0 Å². The van der Waals surface area contributed by atoms with E-state index in [1.807, 2.05) is 19.1 Å². The largest absolute Gasteiger partial charge is 0.444 e. The van der Waals surface area contributed by atoms with Crippen LogP contribution in [0.3, 0.4) is 0 Å². The monoisotopic (exact) mass is 294 g/mol. The molecule has 2 aromatic rings. The lowest BCUT2D eigenvalue weighted by Crippen LogP contribution is -2.11. The number of halogens is 1. The van der Waals surface area contributed by atoms with Crippen molar-refractivity contribution in [2.45, 2.75) is 20.4 Å². The zero-order chi connectivity index (χ0) is 12.3. The minimum Gasteiger partial charge on any atom is -0.444 e. The van der Waals surface area contributed by atoms with Crippen molar-refractivity contribution in [3.63, 3.8) is 0 Å². The van der Waals surface area contributed by atoms with Gasteiger partial charge in [-0.15, -0.1) is 0 Å². The highest BCUT2D eigenvalue weighted by atomic mass is 79.9. The predicted molar refractivity (Wildman–Crippen MR) is 71.8 cm³/mol. The summed E-state index contributed by atoms with van der Waals surface area (Å²) in [5.41, 5.74) is 3.12. The van der Waals surface area contributed by atoms with E-state index in [-0.39, 0.29) is 0 Å². The van der Waals surface area contributed by atoms with Crippen LogP contribution in [0, 0.1) is 6.92 Å². The van der Waals surface area contributed by atoms with Crippen LogP contribution < -0.4 is 5.32 Å². The molecule has 17 heavy (non-hydrogen) atoms. The van der Waals surface area contributed by atoms with E-state index in [1.165, 1.54) is 0 Å². The third-order valence-corrected chi connectivity index (χ3v) is 3.02. The van der Waals surface area contributed by atoms with Crippen LogP contribution in [0.25, 0.3) is 11.5 Å². The highest BCUT2D eigenvalue weighted by Gasteiger charge is 2.09. The third kappa shape index (κ3) is 2.96. The maximum atomic E-state index is 5.50. The van der Waals surface area contributed by atoms with Gasteiger partial charge in [0.1, 0.15) is 6.26 Å². The second-order valence-electron chi connectivity index (χ2n) is 3.88. The Kier molecular flexibility index (Phi) is 3.97. The van der Waals surface area contributed by atoms with Crippen molar-refractivity contribution in [1.29, 1.82) is 0 Å². The summed E-state index contributed by atoms with van der Waals surface area (Å²) in [7, 11) is 0. The molecule has 1 heterocycles. The number of benzene rings is 1. The van der Waals surface area contributed by atoms with Gasteiger partial charge in [0.05, 0.1) is 5.69 Å². The molecule has 90 valence electrons. The Labute approximate surface area is 109 Å². The second-order valence-corrected chi connectivity index (χ2v) is 4.80. The van der Waals surface area contributed by atoms with Crippen molar-refractivity contribution >= 4 is 15.9 Å². The minimum atomic E-state index is 0.683. The van der Waals surface area contributed by atoms with Crippen molar-refractivity contribution in [3.8, 4) is 11.5 Å². The Morgan fingerprint density at radius 3 is 2.94 bits per heavy atom. The molecule has 0 unspecified atom stereocenters. The molecule has 0 saturated carbocycles. The summed E-state index contributed by atoms with van der Waals surface area (Å²) in [6.45, 7) is 5.79. The topological polar surface area (TPSA) is 38.1 Å². The molecule has 1 aromatic carbocycles. The molecule has 0 amide bonds. The molecule has 0 fully saturated rings.